The van der Waals surface area contributed by atoms with Crippen molar-refractivity contribution in [3.8, 4) is 0 Å². The summed E-state index contributed by atoms with van der Waals surface area (Å²) in [5, 5.41) is 9.89. The van der Waals surface area contributed by atoms with Gasteiger partial charge in [-0.3, -0.25) is 0 Å². The van der Waals surface area contributed by atoms with Crippen molar-refractivity contribution in [2.45, 2.75) is 25.4 Å². The zero-order chi connectivity index (χ0) is 13.0. The Kier molecular flexibility index (Phi) is 4.55. The summed E-state index contributed by atoms with van der Waals surface area (Å²) in [4.78, 5) is 0. The van der Waals surface area contributed by atoms with E-state index in [-0.39, 0.29) is 5.82 Å². The third-order valence-electron chi connectivity index (χ3n) is 2.77. The molecule has 0 aliphatic carbocycles. The summed E-state index contributed by atoms with van der Waals surface area (Å²) in [6.45, 7) is 0. The van der Waals surface area contributed by atoms with E-state index >= 15 is 0 Å². The minimum atomic E-state index is -0.570. The van der Waals surface area contributed by atoms with E-state index in [1.165, 1.54) is 6.07 Å². The van der Waals surface area contributed by atoms with Gasteiger partial charge in [0.2, 0.25) is 0 Å². The SMILES string of the molecule is OC(CCc1ccco1)Cc1cc(Br)ccc1F. The number of hydrogen-bond donors (Lipinski definition) is 1. The zero-order valence-corrected chi connectivity index (χ0v) is 11.4. The Morgan fingerprint density at radius 2 is 2.17 bits per heavy atom. The van der Waals surface area contributed by atoms with Crippen molar-refractivity contribution in [3.63, 3.8) is 0 Å². The monoisotopic (exact) mass is 312 g/mol. The van der Waals surface area contributed by atoms with E-state index in [1.807, 2.05) is 12.1 Å². The van der Waals surface area contributed by atoms with Gasteiger partial charge in [-0.25, -0.2) is 4.39 Å². The minimum absolute atomic E-state index is 0.282. The van der Waals surface area contributed by atoms with Crippen LogP contribution in [0.2, 0.25) is 0 Å². The van der Waals surface area contributed by atoms with Crippen LogP contribution in [0, 0.1) is 5.82 Å². The lowest BCUT2D eigenvalue weighted by Gasteiger charge is -2.10. The number of hydrogen-bond acceptors (Lipinski definition) is 2. The van der Waals surface area contributed by atoms with Gasteiger partial charge in [0.25, 0.3) is 0 Å². The van der Waals surface area contributed by atoms with Crippen molar-refractivity contribution in [3.05, 3.63) is 58.2 Å². The van der Waals surface area contributed by atoms with E-state index in [4.69, 9.17) is 4.42 Å². The van der Waals surface area contributed by atoms with Gasteiger partial charge < -0.3 is 9.52 Å². The predicted octanol–water partition coefficient (Wildman–Crippen LogP) is 3.72. The van der Waals surface area contributed by atoms with Crippen molar-refractivity contribution in [1.82, 2.24) is 0 Å². The average molecular weight is 313 g/mol. The van der Waals surface area contributed by atoms with Gasteiger partial charge in [-0.05, 0) is 42.3 Å². The Labute approximate surface area is 114 Å². The number of benzene rings is 1. The van der Waals surface area contributed by atoms with E-state index in [0.717, 1.165) is 10.2 Å². The lowest BCUT2D eigenvalue weighted by Crippen LogP contribution is -2.12. The van der Waals surface area contributed by atoms with Gasteiger partial charge in [-0.15, -0.1) is 0 Å². The maximum absolute atomic E-state index is 13.5. The summed E-state index contributed by atoms with van der Waals surface area (Å²) in [7, 11) is 0. The largest absolute Gasteiger partial charge is 0.469 e. The molecule has 1 N–H and O–H groups in total. The van der Waals surface area contributed by atoms with Crippen molar-refractivity contribution >= 4 is 15.9 Å². The molecule has 18 heavy (non-hydrogen) atoms. The van der Waals surface area contributed by atoms with Crippen LogP contribution in [-0.4, -0.2) is 11.2 Å². The highest BCUT2D eigenvalue weighted by atomic mass is 79.9. The van der Waals surface area contributed by atoms with Gasteiger partial charge in [-0.1, -0.05) is 15.9 Å². The van der Waals surface area contributed by atoms with Crippen LogP contribution < -0.4 is 0 Å². The molecular formula is C14H14BrFO2. The number of aliphatic hydroxyl groups is 1. The van der Waals surface area contributed by atoms with Crippen LogP contribution in [-0.2, 0) is 12.8 Å². The van der Waals surface area contributed by atoms with Crippen molar-refractivity contribution in [2.24, 2.45) is 0 Å². The van der Waals surface area contributed by atoms with Gasteiger partial charge in [-0.2, -0.15) is 0 Å². The first-order valence-electron chi connectivity index (χ1n) is 5.79. The molecule has 1 unspecified atom stereocenters. The molecule has 96 valence electrons. The summed E-state index contributed by atoms with van der Waals surface area (Å²) in [6, 6.07) is 8.43. The standard InChI is InChI=1S/C14H14BrFO2/c15-11-3-6-14(16)10(8-11)9-12(17)4-5-13-2-1-7-18-13/h1-3,6-8,12,17H,4-5,9H2. The molecule has 0 aliphatic heterocycles. The van der Waals surface area contributed by atoms with E-state index in [0.29, 0.717) is 24.8 Å². The molecular weight excluding hydrogens is 299 g/mol. The first-order valence-corrected chi connectivity index (χ1v) is 6.59. The zero-order valence-electron chi connectivity index (χ0n) is 9.77. The Bertz CT molecular complexity index is 497. The van der Waals surface area contributed by atoms with Gasteiger partial charge >= 0.3 is 0 Å². The fourth-order valence-electron chi connectivity index (χ4n) is 1.82. The lowest BCUT2D eigenvalue weighted by atomic mass is 10.0. The number of aryl methyl sites for hydroxylation is 1. The van der Waals surface area contributed by atoms with E-state index in [1.54, 1.807) is 18.4 Å². The first kappa shape index (κ1) is 13.3. The van der Waals surface area contributed by atoms with E-state index < -0.39 is 6.10 Å². The van der Waals surface area contributed by atoms with Crippen LogP contribution in [0.3, 0.4) is 0 Å². The van der Waals surface area contributed by atoms with Gasteiger partial charge in [0.05, 0.1) is 12.4 Å². The summed E-state index contributed by atoms with van der Waals surface area (Å²) in [5.41, 5.74) is 0.524. The summed E-state index contributed by atoms with van der Waals surface area (Å²) in [6.07, 6.45) is 2.56. The van der Waals surface area contributed by atoms with Crippen LogP contribution in [0.25, 0.3) is 0 Å². The van der Waals surface area contributed by atoms with E-state index in [2.05, 4.69) is 15.9 Å². The molecule has 0 saturated heterocycles. The highest BCUT2D eigenvalue weighted by molar-refractivity contribution is 9.10. The molecule has 0 aliphatic rings. The highest BCUT2D eigenvalue weighted by Gasteiger charge is 2.11. The fraction of sp³-hybridized carbons (Fsp3) is 0.286. The van der Waals surface area contributed by atoms with E-state index in [9.17, 15) is 9.50 Å². The highest BCUT2D eigenvalue weighted by Crippen LogP contribution is 2.18. The molecule has 4 heteroatoms. The molecule has 0 radical (unpaired) electrons. The molecule has 0 spiro atoms. The summed E-state index contributed by atoms with van der Waals surface area (Å²) in [5.74, 6) is 0.555. The maximum atomic E-state index is 13.5. The molecule has 1 atom stereocenters. The minimum Gasteiger partial charge on any atom is -0.469 e. The predicted molar refractivity (Wildman–Crippen MR) is 70.8 cm³/mol. The Balaban J connectivity index is 1.90. The maximum Gasteiger partial charge on any atom is 0.126 e. The second-order valence-corrected chi connectivity index (χ2v) is 5.13. The quantitative estimate of drug-likeness (QED) is 0.913. The second-order valence-electron chi connectivity index (χ2n) is 4.21. The van der Waals surface area contributed by atoms with Crippen LogP contribution in [0.4, 0.5) is 4.39 Å². The summed E-state index contributed by atoms with van der Waals surface area (Å²) >= 11 is 3.29. The smallest absolute Gasteiger partial charge is 0.126 e. The molecule has 1 aromatic carbocycles. The van der Waals surface area contributed by atoms with Crippen molar-refractivity contribution < 1.29 is 13.9 Å². The van der Waals surface area contributed by atoms with Crippen molar-refractivity contribution in [2.75, 3.05) is 0 Å². The molecule has 0 saturated carbocycles. The molecule has 0 bridgehead atoms. The average Bonchev–Trinajstić information content (AvgIpc) is 2.84. The molecule has 1 heterocycles. The van der Waals surface area contributed by atoms with Crippen LogP contribution in [0.5, 0.6) is 0 Å². The number of aliphatic hydroxyl groups excluding tert-OH is 1. The molecule has 1 aromatic heterocycles. The molecule has 0 fully saturated rings. The Morgan fingerprint density at radius 3 is 2.89 bits per heavy atom. The number of rotatable bonds is 5. The molecule has 0 amide bonds. The number of halogens is 2. The fourth-order valence-corrected chi connectivity index (χ4v) is 2.23. The van der Waals surface area contributed by atoms with Crippen LogP contribution in [0.15, 0.2) is 45.5 Å². The summed E-state index contributed by atoms with van der Waals surface area (Å²) < 4.78 is 19.5. The third-order valence-corrected chi connectivity index (χ3v) is 3.26. The van der Waals surface area contributed by atoms with Gasteiger partial charge in [0.15, 0.2) is 0 Å². The first-order chi connectivity index (χ1) is 8.65. The van der Waals surface area contributed by atoms with Crippen molar-refractivity contribution in [1.29, 1.82) is 0 Å². The van der Waals surface area contributed by atoms with Gasteiger partial charge in [0.1, 0.15) is 11.6 Å². The van der Waals surface area contributed by atoms with Crippen LogP contribution >= 0.6 is 15.9 Å². The number of furan rings is 1. The molecule has 2 nitrogen and oxygen atoms in total. The topological polar surface area (TPSA) is 33.4 Å². The third kappa shape index (κ3) is 3.68. The normalized spacial score (nSPS) is 12.6. The Morgan fingerprint density at radius 1 is 1.33 bits per heavy atom. The molecule has 2 aromatic rings. The lowest BCUT2D eigenvalue weighted by molar-refractivity contribution is 0.161. The van der Waals surface area contributed by atoms with Crippen LogP contribution in [0.1, 0.15) is 17.7 Å². The van der Waals surface area contributed by atoms with Gasteiger partial charge in [0, 0.05) is 17.3 Å². The second kappa shape index (κ2) is 6.16. The Hall–Kier alpha value is -1.13. The molecule has 2 rings (SSSR count).